The van der Waals surface area contributed by atoms with Crippen LogP contribution in [0.1, 0.15) is 19.8 Å². The Morgan fingerprint density at radius 1 is 1.15 bits per heavy atom. The first-order valence-electron chi connectivity index (χ1n) is 8.52. The minimum absolute atomic E-state index is 0.349. The van der Waals surface area contributed by atoms with Crippen LogP contribution >= 0.6 is 0 Å². The maximum Gasteiger partial charge on any atom is 0.412 e. The van der Waals surface area contributed by atoms with Crippen molar-refractivity contribution in [2.75, 3.05) is 11.9 Å². The van der Waals surface area contributed by atoms with E-state index in [0.717, 1.165) is 18.4 Å². The predicted molar refractivity (Wildman–Crippen MR) is 98.8 cm³/mol. The van der Waals surface area contributed by atoms with Gasteiger partial charge in [-0.25, -0.2) is 13.9 Å². The molecule has 2 aromatic carbocycles. The van der Waals surface area contributed by atoms with Crippen LogP contribution < -0.4 is 5.32 Å². The Bertz CT molecular complexity index is 878. The van der Waals surface area contributed by atoms with Crippen LogP contribution in [0.15, 0.2) is 60.7 Å². The second kappa shape index (κ2) is 8.29. The van der Waals surface area contributed by atoms with E-state index in [1.54, 1.807) is 18.2 Å². The van der Waals surface area contributed by atoms with Crippen molar-refractivity contribution in [2.45, 2.75) is 19.8 Å². The Balaban J connectivity index is 1.93. The zero-order chi connectivity index (χ0) is 18.4. The van der Waals surface area contributed by atoms with E-state index in [1.165, 1.54) is 16.8 Å². The lowest BCUT2D eigenvalue weighted by atomic mass is 10.2. The van der Waals surface area contributed by atoms with Gasteiger partial charge in [-0.2, -0.15) is 5.10 Å². The van der Waals surface area contributed by atoms with Crippen LogP contribution in [-0.2, 0) is 4.74 Å². The summed E-state index contributed by atoms with van der Waals surface area (Å²) >= 11 is 0. The summed E-state index contributed by atoms with van der Waals surface area (Å²) in [7, 11) is 0. The van der Waals surface area contributed by atoms with Crippen LogP contribution in [0.4, 0.5) is 15.0 Å². The molecule has 0 saturated heterocycles. The number of unbranched alkanes of at least 4 members (excludes halogenated alkanes) is 1. The smallest absolute Gasteiger partial charge is 0.412 e. The molecule has 0 atom stereocenters. The van der Waals surface area contributed by atoms with Gasteiger partial charge in [0, 0.05) is 11.6 Å². The predicted octanol–water partition coefficient (Wildman–Crippen LogP) is 5.03. The summed E-state index contributed by atoms with van der Waals surface area (Å²) in [6.45, 7) is 2.37. The lowest BCUT2D eigenvalue weighted by molar-refractivity contribution is 0.159. The number of nitrogens with zero attached hydrogens (tertiary/aromatic N) is 2. The summed E-state index contributed by atoms with van der Waals surface area (Å²) < 4.78 is 20.3. The number of halogens is 1. The number of carbonyl (C=O) groups excluding carboxylic acids is 1. The number of hydrogen-bond donors (Lipinski definition) is 1. The Morgan fingerprint density at radius 3 is 2.69 bits per heavy atom. The summed E-state index contributed by atoms with van der Waals surface area (Å²) in [5, 5.41) is 7.22. The largest absolute Gasteiger partial charge is 0.449 e. The molecule has 0 aliphatic carbocycles. The van der Waals surface area contributed by atoms with Crippen LogP contribution in [0.3, 0.4) is 0 Å². The van der Waals surface area contributed by atoms with Gasteiger partial charge in [0.15, 0.2) is 0 Å². The maximum atomic E-state index is 13.6. The molecule has 0 aliphatic heterocycles. The Hall–Kier alpha value is -3.15. The number of benzene rings is 2. The molecule has 6 heteroatoms. The lowest BCUT2D eigenvalue weighted by Gasteiger charge is -2.09. The third-order valence-electron chi connectivity index (χ3n) is 3.79. The molecule has 0 radical (unpaired) electrons. The highest BCUT2D eigenvalue weighted by molar-refractivity contribution is 5.85. The first-order chi connectivity index (χ1) is 12.7. The molecule has 3 rings (SSSR count). The highest BCUT2D eigenvalue weighted by Crippen LogP contribution is 2.25. The van der Waals surface area contributed by atoms with Crippen molar-refractivity contribution >= 4 is 11.9 Å². The van der Waals surface area contributed by atoms with E-state index in [4.69, 9.17) is 4.74 Å². The summed E-state index contributed by atoms with van der Waals surface area (Å²) in [5.41, 5.74) is 2.07. The molecule has 26 heavy (non-hydrogen) atoms. The van der Waals surface area contributed by atoms with E-state index in [0.29, 0.717) is 23.8 Å². The number of aromatic nitrogens is 2. The Kier molecular flexibility index (Phi) is 5.63. The van der Waals surface area contributed by atoms with Crippen LogP contribution in [0.25, 0.3) is 16.9 Å². The van der Waals surface area contributed by atoms with E-state index in [1.807, 2.05) is 37.3 Å². The number of nitrogens with one attached hydrogen (secondary N) is 1. The Labute approximate surface area is 151 Å². The quantitative estimate of drug-likeness (QED) is 0.633. The van der Waals surface area contributed by atoms with Crippen LogP contribution in [0, 0.1) is 5.82 Å². The van der Waals surface area contributed by atoms with E-state index < -0.39 is 6.09 Å². The van der Waals surface area contributed by atoms with Crippen LogP contribution in [0.5, 0.6) is 0 Å². The summed E-state index contributed by atoms with van der Waals surface area (Å²) in [6.07, 6.45) is 1.18. The van der Waals surface area contributed by atoms with E-state index in [9.17, 15) is 9.18 Å². The number of amides is 1. The van der Waals surface area contributed by atoms with Crippen molar-refractivity contribution in [3.8, 4) is 16.9 Å². The van der Waals surface area contributed by atoms with Crippen molar-refractivity contribution in [3.05, 3.63) is 66.5 Å². The maximum absolute atomic E-state index is 13.6. The van der Waals surface area contributed by atoms with E-state index in [-0.39, 0.29) is 5.82 Å². The third-order valence-corrected chi connectivity index (χ3v) is 3.79. The molecule has 1 N–H and O–H groups in total. The summed E-state index contributed by atoms with van der Waals surface area (Å²) in [5.74, 6) is 0.0340. The molecule has 5 nitrogen and oxygen atoms in total. The van der Waals surface area contributed by atoms with Gasteiger partial charge in [0.1, 0.15) is 11.6 Å². The number of carbonyl (C=O) groups is 1. The highest BCUT2D eigenvalue weighted by Gasteiger charge is 2.14. The van der Waals surface area contributed by atoms with Gasteiger partial charge in [0.05, 0.1) is 18.0 Å². The average molecular weight is 353 g/mol. The molecular weight excluding hydrogens is 333 g/mol. The number of ether oxygens (including phenoxy) is 1. The normalized spacial score (nSPS) is 10.5. The molecule has 0 saturated carbocycles. The zero-order valence-electron chi connectivity index (χ0n) is 14.5. The standard InChI is InChI=1S/C20H20FN3O2/c1-2-3-12-26-20(25)22-19-14-18(15-8-5-4-6-9-15)23-24(19)17-11-7-10-16(21)13-17/h4-11,13-14H,2-3,12H2,1H3,(H,22,25). The number of hydrogen-bond acceptors (Lipinski definition) is 3. The SMILES string of the molecule is CCCCOC(=O)Nc1cc(-c2ccccc2)nn1-c1cccc(F)c1. The molecule has 3 aromatic rings. The first-order valence-corrected chi connectivity index (χ1v) is 8.52. The molecule has 0 bridgehead atoms. The fourth-order valence-corrected chi connectivity index (χ4v) is 2.47. The van der Waals surface area contributed by atoms with Crippen molar-refractivity contribution in [3.63, 3.8) is 0 Å². The molecule has 1 aromatic heterocycles. The highest BCUT2D eigenvalue weighted by atomic mass is 19.1. The van der Waals surface area contributed by atoms with E-state index >= 15 is 0 Å². The number of anilines is 1. The summed E-state index contributed by atoms with van der Waals surface area (Å²) in [4.78, 5) is 12.0. The van der Waals surface area contributed by atoms with Crippen molar-refractivity contribution in [1.82, 2.24) is 9.78 Å². The second-order valence-electron chi connectivity index (χ2n) is 5.79. The molecule has 0 unspecified atom stereocenters. The van der Waals surface area contributed by atoms with Gasteiger partial charge in [0.2, 0.25) is 0 Å². The average Bonchev–Trinajstić information content (AvgIpc) is 3.06. The van der Waals surface area contributed by atoms with Gasteiger partial charge in [-0.1, -0.05) is 49.7 Å². The zero-order valence-corrected chi connectivity index (χ0v) is 14.5. The van der Waals surface area contributed by atoms with Crippen LogP contribution in [-0.4, -0.2) is 22.5 Å². The van der Waals surface area contributed by atoms with Gasteiger partial charge in [-0.3, -0.25) is 5.32 Å². The Morgan fingerprint density at radius 2 is 1.96 bits per heavy atom. The molecule has 1 amide bonds. The van der Waals surface area contributed by atoms with Gasteiger partial charge in [-0.15, -0.1) is 0 Å². The summed E-state index contributed by atoms with van der Waals surface area (Å²) in [6, 6.07) is 17.3. The van der Waals surface area contributed by atoms with Gasteiger partial charge in [0.25, 0.3) is 0 Å². The van der Waals surface area contributed by atoms with Gasteiger partial charge >= 0.3 is 6.09 Å². The first kappa shape index (κ1) is 17.7. The van der Waals surface area contributed by atoms with Crippen molar-refractivity contribution < 1.29 is 13.9 Å². The minimum atomic E-state index is -0.560. The fourth-order valence-electron chi connectivity index (χ4n) is 2.47. The molecule has 1 heterocycles. The molecule has 0 spiro atoms. The van der Waals surface area contributed by atoms with Gasteiger partial charge < -0.3 is 4.74 Å². The fraction of sp³-hybridized carbons (Fsp3) is 0.200. The van der Waals surface area contributed by atoms with Crippen molar-refractivity contribution in [2.24, 2.45) is 0 Å². The van der Waals surface area contributed by atoms with Crippen LogP contribution in [0.2, 0.25) is 0 Å². The van der Waals surface area contributed by atoms with Gasteiger partial charge in [-0.05, 0) is 24.6 Å². The monoisotopic (exact) mass is 353 g/mol. The van der Waals surface area contributed by atoms with E-state index in [2.05, 4.69) is 10.4 Å². The lowest BCUT2D eigenvalue weighted by Crippen LogP contribution is -2.17. The molecule has 0 fully saturated rings. The third kappa shape index (κ3) is 4.27. The molecule has 134 valence electrons. The molecular formula is C20H20FN3O2. The van der Waals surface area contributed by atoms with Crippen molar-refractivity contribution in [1.29, 1.82) is 0 Å². The number of rotatable bonds is 6. The second-order valence-corrected chi connectivity index (χ2v) is 5.79. The molecule has 0 aliphatic rings. The topological polar surface area (TPSA) is 56.1 Å². The minimum Gasteiger partial charge on any atom is -0.449 e.